The van der Waals surface area contributed by atoms with Crippen LogP contribution in [0.15, 0.2) is 18.2 Å². The molecule has 0 aliphatic carbocycles. The SMILES string of the molecule is O=C1CCC(CNc2cc(C(=O)O)ccc2[N+](=O)[O-])N1. The van der Waals surface area contributed by atoms with Crippen LogP contribution in [0, 0.1) is 10.1 Å². The fourth-order valence-corrected chi connectivity index (χ4v) is 2.03. The van der Waals surface area contributed by atoms with Gasteiger partial charge in [-0.05, 0) is 18.6 Å². The average Bonchev–Trinajstić information content (AvgIpc) is 2.81. The first-order valence-electron chi connectivity index (χ1n) is 6.02. The summed E-state index contributed by atoms with van der Waals surface area (Å²) >= 11 is 0. The molecule has 2 rings (SSSR count). The molecule has 1 saturated heterocycles. The molecule has 0 bridgehead atoms. The Morgan fingerprint density at radius 1 is 1.55 bits per heavy atom. The van der Waals surface area contributed by atoms with Crippen molar-refractivity contribution in [2.75, 3.05) is 11.9 Å². The molecule has 1 aliphatic heterocycles. The third kappa shape index (κ3) is 3.02. The van der Waals surface area contributed by atoms with E-state index in [1.54, 1.807) is 0 Å². The predicted octanol–water partition coefficient (Wildman–Crippen LogP) is 0.983. The maximum absolute atomic E-state index is 11.1. The van der Waals surface area contributed by atoms with Crippen molar-refractivity contribution in [1.29, 1.82) is 0 Å². The molecule has 0 radical (unpaired) electrons. The number of carboxylic acids is 1. The molecule has 1 amide bonds. The van der Waals surface area contributed by atoms with Crippen LogP contribution < -0.4 is 10.6 Å². The van der Waals surface area contributed by atoms with E-state index < -0.39 is 10.9 Å². The van der Waals surface area contributed by atoms with Crippen LogP contribution >= 0.6 is 0 Å². The summed E-state index contributed by atoms with van der Waals surface area (Å²) in [7, 11) is 0. The zero-order valence-electron chi connectivity index (χ0n) is 10.5. The van der Waals surface area contributed by atoms with Gasteiger partial charge in [0.1, 0.15) is 5.69 Å². The Balaban J connectivity index is 2.15. The number of nitro groups is 1. The van der Waals surface area contributed by atoms with Crippen LogP contribution in [0.1, 0.15) is 23.2 Å². The standard InChI is InChI=1S/C12H13N3O5/c16-11-4-2-8(14-11)6-13-9-5-7(12(17)18)1-3-10(9)15(19)20/h1,3,5,8,13H,2,4,6H2,(H,14,16)(H,17,18). The van der Waals surface area contributed by atoms with Crippen molar-refractivity contribution in [3.63, 3.8) is 0 Å². The summed E-state index contributed by atoms with van der Waals surface area (Å²) < 4.78 is 0. The summed E-state index contributed by atoms with van der Waals surface area (Å²) in [5.41, 5.74) is -0.0936. The van der Waals surface area contributed by atoms with Crippen molar-refractivity contribution in [3.05, 3.63) is 33.9 Å². The normalized spacial score (nSPS) is 17.6. The first-order valence-corrected chi connectivity index (χ1v) is 6.02. The summed E-state index contributed by atoms with van der Waals surface area (Å²) in [5, 5.41) is 25.4. The van der Waals surface area contributed by atoms with Crippen molar-refractivity contribution >= 4 is 23.3 Å². The van der Waals surface area contributed by atoms with Crippen LogP contribution in [0.2, 0.25) is 0 Å². The van der Waals surface area contributed by atoms with E-state index in [0.29, 0.717) is 19.4 Å². The molecule has 0 spiro atoms. The van der Waals surface area contributed by atoms with Crippen LogP contribution in [0.3, 0.4) is 0 Å². The fourth-order valence-electron chi connectivity index (χ4n) is 2.03. The quantitative estimate of drug-likeness (QED) is 0.545. The van der Waals surface area contributed by atoms with E-state index in [1.807, 2.05) is 0 Å². The first-order chi connectivity index (χ1) is 9.47. The monoisotopic (exact) mass is 279 g/mol. The molecule has 106 valence electrons. The zero-order chi connectivity index (χ0) is 14.7. The number of carbonyl (C=O) groups is 2. The molecule has 1 heterocycles. The van der Waals surface area contributed by atoms with Gasteiger partial charge in [-0.25, -0.2) is 4.79 Å². The van der Waals surface area contributed by atoms with Gasteiger partial charge in [0.05, 0.1) is 10.5 Å². The van der Waals surface area contributed by atoms with Gasteiger partial charge in [-0.2, -0.15) is 0 Å². The third-order valence-electron chi connectivity index (χ3n) is 3.06. The van der Waals surface area contributed by atoms with Crippen molar-refractivity contribution in [2.45, 2.75) is 18.9 Å². The second-order valence-corrected chi connectivity index (χ2v) is 4.48. The second kappa shape index (κ2) is 5.55. The predicted molar refractivity (Wildman–Crippen MR) is 69.7 cm³/mol. The van der Waals surface area contributed by atoms with Crippen LogP contribution in [-0.4, -0.2) is 34.5 Å². The molecule has 3 N–H and O–H groups in total. The summed E-state index contributed by atoms with van der Waals surface area (Å²) in [6.07, 6.45) is 1.09. The zero-order valence-corrected chi connectivity index (χ0v) is 10.5. The lowest BCUT2D eigenvalue weighted by molar-refractivity contribution is -0.384. The van der Waals surface area contributed by atoms with Gasteiger partial charge < -0.3 is 15.7 Å². The van der Waals surface area contributed by atoms with Crippen LogP contribution in [-0.2, 0) is 4.79 Å². The Kier molecular flexibility index (Phi) is 3.83. The fraction of sp³-hybridized carbons (Fsp3) is 0.333. The van der Waals surface area contributed by atoms with Crippen molar-refractivity contribution < 1.29 is 19.6 Å². The Morgan fingerprint density at radius 2 is 2.30 bits per heavy atom. The minimum absolute atomic E-state index is 0.0337. The number of nitrogens with zero attached hydrogens (tertiary/aromatic N) is 1. The Bertz CT molecular complexity index is 572. The molecular formula is C12H13N3O5. The molecule has 0 aromatic heterocycles. The number of carbonyl (C=O) groups excluding carboxylic acids is 1. The Labute approximate surface area is 113 Å². The number of hydrogen-bond donors (Lipinski definition) is 3. The Morgan fingerprint density at radius 3 is 2.85 bits per heavy atom. The van der Waals surface area contributed by atoms with Gasteiger partial charge >= 0.3 is 5.97 Å². The van der Waals surface area contributed by atoms with Gasteiger partial charge in [0.2, 0.25) is 5.91 Å². The third-order valence-corrected chi connectivity index (χ3v) is 3.06. The highest BCUT2D eigenvalue weighted by atomic mass is 16.6. The molecule has 1 fully saturated rings. The van der Waals surface area contributed by atoms with Gasteiger partial charge in [-0.3, -0.25) is 14.9 Å². The van der Waals surface area contributed by atoms with E-state index in [4.69, 9.17) is 5.11 Å². The molecule has 20 heavy (non-hydrogen) atoms. The number of hydrogen-bond acceptors (Lipinski definition) is 5. The van der Waals surface area contributed by atoms with Crippen LogP contribution in [0.4, 0.5) is 11.4 Å². The van der Waals surface area contributed by atoms with Crippen LogP contribution in [0.25, 0.3) is 0 Å². The topological polar surface area (TPSA) is 122 Å². The maximum atomic E-state index is 11.1. The number of carboxylic acid groups (broad SMARTS) is 1. The smallest absolute Gasteiger partial charge is 0.335 e. The first kappa shape index (κ1) is 13.8. The number of rotatable bonds is 5. The van der Waals surface area contributed by atoms with E-state index in [0.717, 1.165) is 6.07 Å². The van der Waals surface area contributed by atoms with Crippen molar-refractivity contribution in [2.24, 2.45) is 0 Å². The van der Waals surface area contributed by atoms with E-state index in [-0.39, 0.29) is 28.9 Å². The van der Waals surface area contributed by atoms with Gasteiger partial charge in [0.25, 0.3) is 5.69 Å². The minimum atomic E-state index is -1.16. The molecule has 0 saturated carbocycles. The lowest BCUT2D eigenvalue weighted by atomic mass is 10.1. The van der Waals surface area contributed by atoms with Gasteiger partial charge in [-0.1, -0.05) is 0 Å². The maximum Gasteiger partial charge on any atom is 0.335 e. The molecule has 8 heteroatoms. The van der Waals surface area contributed by atoms with Gasteiger partial charge in [-0.15, -0.1) is 0 Å². The second-order valence-electron chi connectivity index (χ2n) is 4.48. The summed E-state index contributed by atoms with van der Waals surface area (Å²) in [4.78, 5) is 32.3. The summed E-state index contributed by atoms with van der Waals surface area (Å²) in [6.45, 7) is 0.315. The number of aromatic carboxylic acids is 1. The largest absolute Gasteiger partial charge is 0.478 e. The number of nitrogens with one attached hydrogen (secondary N) is 2. The van der Waals surface area contributed by atoms with E-state index in [2.05, 4.69) is 10.6 Å². The van der Waals surface area contributed by atoms with Gasteiger partial charge in [0.15, 0.2) is 0 Å². The van der Waals surface area contributed by atoms with Crippen LogP contribution in [0.5, 0.6) is 0 Å². The van der Waals surface area contributed by atoms with Gasteiger partial charge in [0, 0.05) is 25.1 Å². The highest BCUT2D eigenvalue weighted by Gasteiger charge is 2.22. The highest BCUT2D eigenvalue weighted by Crippen LogP contribution is 2.25. The van der Waals surface area contributed by atoms with Crippen molar-refractivity contribution in [1.82, 2.24) is 5.32 Å². The van der Waals surface area contributed by atoms with E-state index in [9.17, 15) is 19.7 Å². The van der Waals surface area contributed by atoms with E-state index >= 15 is 0 Å². The highest BCUT2D eigenvalue weighted by molar-refractivity contribution is 5.90. The number of benzene rings is 1. The average molecular weight is 279 g/mol. The number of amides is 1. The minimum Gasteiger partial charge on any atom is -0.478 e. The lowest BCUT2D eigenvalue weighted by Gasteiger charge is -2.13. The molecular weight excluding hydrogens is 266 g/mol. The molecule has 1 unspecified atom stereocenters. The molecule has 1 aromatic rings. The summed E-state index contributed by atoms with van der Waals surface area (Å²) in [6, 6.07) is 3.45. The summed E-state index contributed by atoms with van der Waals surface area (Å²) in [5.74, 6) is -1.21. The van der Waals surface area contributed by atoms with E-state index in [1.165, 1.54) is 12.1 Å². The number of anilines is 1. The Hall–Kier alpha value is -2.64. The molecule has 1 aliphatic rings. The molecule has 8 nitrogen and oxygen atoms in total. The number of nitro benzene ring substituents is 1. The molecule has 1 aromatic carbocycles. The lowest BCUT2D eigenvalue weighted by Crippen LogP contribution is -2.31. The molecule has 1 atom stereocenters. The van der Waals surface area contributed by atoms with Crippen molar-refractivity contribution in [3.8, 4) is 0 Å².